The zero-order chi connectivity index (χ0) is 15.4. The number of rotatable bonds is 5. The molecule has 0 aliphatic heterocycles. The highest BCUT2D eigenvalue weighted by atomic mass is 16.5. The minimum atomic E-state index is -0.244. The van der Waals surface area contributed by atoms with Crippen LogP contribution in [0.1, 0.15) is 23.2 Å². The van der Waals surface area contributed by atoms with Crippen molar-refractivity contribution < 1.29 is 9.32 Å². The van der Waals surface area contributed by atoms with Crippen LogP contribution in [0.25, 0.3) is 11.4 Å². The summed E-state index contributed by atoms with van der Waals surface area (Å²) in [6.07, 6.45) is 6.61. The third-order valence-electron chi connectivity index (χ3n) is 3.01. The first-order valence-corrected chi connectivity index (χ1v) is 6.80. The van der Waals surface area contributed by atoms with E-state index in [0.717, 1.165) is 12.1 Å². The van der Waals surface area contributed by atoms with Gasteiger partial charge in [-0.3, -0.25) is 14.5 Å². The van der Waals surface area contributed by atoms with Crippen LogP contribution in [0.4, 0.5) is 0 Å². The highest BCUT2D eigenvalue weighted by Crippen LogP contribution is 2.14. The van der Waals surface area contributed by atoms with Gasteiger partial charge < -0.3 is 9.84 Å². The average Bonchev–Trinajstić information content (AvgIpc) is 3.22. The summed E-state index contributed by atoms with van der Waals surface area (Å²) in [5.74, 6) is 0.536. The molecule has 0 saturated carbocycles. The van der Waals surface area contributed by atoms with Crippen molar-refractivity contribution in [3.63, 3.8) is 0 Å². The van der Waals surface area contributed by atoms with Crippen LogP contribution >= 0.6 is 0 Å². The molecule has 1 amide bonds. The number of hydrogen-bond acceptors (Lipinski definition) is 6. The van der Waals surface area contributed by atoms with Crippen LogP contribution in [0.3, 0.4) is 0 Å². The Morgan fingerprint density at radius 3 is 3.05 bits per heavy atom. The number of amides is 1. The summed E-state index contributed by atoms with van der Waals surface area (Å²) in [6.45, 7) is 2.92. The van der Waals surface area contributed by atoms with Gasteiger partial charge in [-0.25, -0.2) is 0 Å². The standard InChI is InChI=1S/C14H14N6O2/c1-2-20-9-11(7-17-20)13-18-12(22-19-13)8-16-14(21)10-4-3-5-15-6-10/h3-7,9H,2,8H2,1H3,(H,16,21). The normalized spacial score (nSPS) is 10.6. The van der Waals surface area contributed by atoms with Crippen molar-refractivity contribution in [3.05, 3.63) is 48.4 Å². The highest BCUT2D eigenvalue weighted by molar-refractivity contribution is 5.93. The number of carbonyl (C=O) groups is 1. The monoisotopic (exact) mass is 298 g/mol. The van der Waals surface area contributed by atoms with Gasteiger partial charge in [-0.1, -0.05) is 5.16 Å². The third kappa shape index (κ3) is 3.00. The SMILES string of the molecule is CCn1cc(-c2noc(CNC(=O)c3cccnc3)n2)cn1. The van der Waals surface area contributed by atoms with Gasteiger partial charge in [-0.05, 0) is 19.1 Å². The number of aryl methyl sites for hydroxylation is 1. The molecule has 0 atom stereocenters. The predicted octanol–water partition coefficient (Wildman–Crippen LogP) is 1.28. The molecule has 0 aliphatic rings. The molecular formula is C14H14N6O2. The lowest BCUT2D eigenvalue weighted by molar-refractivity contribution is 0.0946. The zero-order valence-electron chi connectivity index (χ0n) is 11.9. The van der Waals surface area contributed by atoms with Gasteiger partial charge in [-0.15, -0.1) is 0 Å². The Kier molecular flexibility index (Phi) is 3.90. The van der Waals surface area contributed by atoms with Crippen molar-refractivity contribution in [2.24, 2.45) is 0 Å². The zero-order valence-corrected chi connectivity index (χ0v) is 11.9. The molecule has 3 rings (SSSR count). The lowest BCUT2D eigenvalue weighted by Crippen LogP contribution is -2.22. The second-order valence-electron chi connectivity index (χ2n) is 4.52. The maximum atomic E-state index is 11.9. The predicted molar refractivity (Wildman–Crippen MR) is 76.6 cm³/mol. The Morgan fingerprint density at radius 1 is 1.41 bits per heavy atom. The minimum Gasteiger partial charge on any atom is -0.343 e. The fourth-order valence-corrected chi connectivity index (χ4v) is 1.85. The Bertz CT molecular complexity index is 765. The first kappa shape index (κ1) is 13.9. The van der Waals surface area contributed by atoms with Gasteiger partial charge in [0.25, 0.3) is 5.91 Å². The van der Waals surface area contributed by atoms with Gasteiger partial charge in [0.05, 0.1) is 23.9 Å². The number of nitrogens with one attached hydrogen (secondary N) is 1. The summed E-state index contributed by atoms with van der Waals surface area (Å²) in [5, 5.41) is 10.7. The van der Waals surface area contributed by atoms with Crippen LogP contribution in [0, 0.1) is 0 Å². The van der Waals surface area contributed by atoms with E-state index in [0.29, 0.717) is 17.3 Å². The maximum Gasteiger partial charge on any atom is 0.253 e. The van der Waals surface area contributed by atoms with Crippen LogP contribution in [-0.4, -0.2) is 30.8 Å². The van der Waals surface area contributed by atoms with E-state index in [2.05, 4.69) is 25.5 Å². The molecule has 8 heteroatoms. The number of nitrogens with zero attached hydrogens (tertiary/aromatic N) is 5. The van der Waals surface area contributed by atoms with Crippen LogP contribution in [-0.2, 0) is 13.1 Å². The van der Waals surface area contributed by atoms with E-state index in [1.807, 2.05) is 13.1 Å². The number of pyridine rings is 1. The van der Waals surface area contributed by atoms with Gasteiger partial charge in [-0.2, -0.15) is 10.1 Å². The van der Waals surface area contributed by atoms with Crippen LogP contribution in [0.2, 0.25) is 0 Å². The van der Waals surface area contributed by atoms with Crippen LogP contribution in [0.15, 0.2) is 41.4 Å². The number of carbonyl (C=O) groups excluding carboxylic acids is 1. The van der Waals surface area contributed by atoms with E-state index < -0.39 is 0 Å². The second kappa shape index (κ2) is 6.17. The van der Waals surface area contributed by atoms with Crippen molar-refractivity contribution in [1.29, 1.82) is 0 Å². The van der Waals surface area contributed by atoms with Crippen LogP contribution in [0.5, 0.6) is 0 Å². The summed E-state index contributed by atoms with van der Waals surface area (Å²) in [7, 11) is 0. The van der Waals surface area contributed by atoms with E-state index in [-0.39, 0.29) is 12.5 Å². The van der Waals surface area contributed by atoms with Gasteiger partial charge in [0.1, 0.15) is 0 Å². The van der Waals surface area contributed by atoms with Crippen LogP contribution < -0.4 is 5.32 Å². The molecule has 0 spiro atoms. The average molecular weight is 298 g/mol. The topological polar surface area (TPSA) is 98.7 Å². The minimum absolute atomic E-state index is 0.155. The molecule has 0 aromatic carbocycles. The van der Waals surface area contributed by atoms with Gasteiger partial charge in [0.2, 0.25) is 11.7 Å². The molecule has 3 aromatic heterocycles. The molecule has 1 N–H and O–H groups in total. The molecule has 0 aliphatic carbocycles. The summed E-state index contributed by atoms with van der Waals surface area (Å²) in [4.78, 5) is 20.0. The smallest absolute Gasteiger partial charge is 0.253 e. The van der Waals surface area contributed by atoms with E-state index >= 15 is 0 Å². The fraction of sp³-hybridized carbons (Fsp3) is 0.214. The molecule has 0 unspecified atom stereocenters. The first-order chi connectivity index (χ1) is 10.8. The van der Waals surface area contributed by atoms with E-state index in [1.165, 1.54) is 6.20 Å². The summed E-state index contributed by atoms with van der Waals surface area (Å²) >= 11 is 0. The summed E-state index contributed by atoms with van der Waals surface area (Å²) < 4.78 is 6.89. The number of hydrogen-bond donors (Lipinski definition) is 1. The quantitative estimate of drug-likeness (QED) is 0.761. The lowest BCUT2D eigenvalue weighted by atomic mass is 10.3. The van der Waals surface area contributed by atoms with Crippen molar-refractivity contribution in [2.75, 3.05) is 0 Å². The first-order valence-electron chi connectivity index (χ1n) is 6.80. The molecular weight excluding hydrogens is 284 g/mol. The molecule has 0 radical (unpaired) electrons. The Hall–Kier alpha value is -3.03. The summed E-state index contributed by atoms with van der Waals surface area (Å²) in [6, 6.07) is 3.38. The molecule has 22 heavy (non-hydrogen) atoms. The lowest BCUT2D eigenvalue weighted by Gasteiger charge is -2.00. The summed E-state index contributed by atoms with van der Waals surface area (Å²) in [5.41, 5.74) is 1.25. The van der Waals surface area contributed by atoms with E-state index in [1.54, 1.807) is 29.2 Å². The molecule has 3 aromatic rings. The molecule has 3 heterocycles. The number of aromatic nitrogens is 5. The van der Waals surface area contributed by atoms with E-state index in [9.17, 15) is 4.79 Å². The molecule has 112 valence electrons. The van der Waals surface area contributed by atoms with E-state index in [4.69, 9.17) is 4.52 Å². The molecule has 0 saturated heterocycles. The van der Waals surface area contributed by atoms with Crippen molar-refractivity contribution >= 4 is 5.91 Å². The molecule has 0 fully saturated rings. The van der Waals surface area contributed by atoms with Gasteiger partial charge in [0.15, 0.2) is 0 Å². The third-order valence-corrected chi connectivity index (χ3v) is 3.01. The second-order valence-corrected chi connectivity index (χ2v) is 4.52. The van der Waals surface area contributed by atoms with Crippen molar-refractivity contribution in [3.8, 4) is 11.4 Å². The maximum absolute atomic E-state index is 11.9. The van der Waals surface area contributed by atoms with Crippen molar-refractivity contribution in [1.82, 2.24) is 30.2 Å². The molecule has 0 bridgehead atoms. The van der Waals surface area contributed by atoms with Gasteiger partial charge in [0, 0.05) is 25.1 Å². The molecule has 8 nitrogen and oxygen atoms in total. The Labute approximate surface area is 126 Å². The highest BCUT2D eigenvalue weighted by Gasteiger charge is 2.12. The van der Waals surface area contributed by atoms with Gasteiger partial charge >= 0.3 is 0 Å². The Morgan fingerprint density at radius 2 is 2.32 bits per heavy atom. The largest absolute Gasteiger partial charge is 0.343 e. The fourth-order valence-electron chi connectivity index (χ4n) is 1.85. The van der Waals surface area contributed by atoms with Crippen molar-refractivity contribution in [2.45, 2.75) is 20.0 Å². The Balaban J connectivity index is 1.63.